The molecular weight excluding hydrogens is 226 g/mol. The van der Waals surface area contributed by atoms with Crippen LogP contribution in [0.4, 0.5) is 5.82 Å². The number of rotatable bonds is 5. The Bertz CT molecular complexity index is 518. The summed E-state index contributed by atoms with van der Waals surface area (Å²) in [6, 6.07) is 1.99. The van der Waals surface area contributed by atoms with Gasteiger partial charge < -0.3 is 9.88 Å². The SMILES string of the molecule is CCNc1cc(Cc2nccn2CC)nc(C)n1. The molecular formula is C13H19N5. The first-order chi connectivity index (χ1) is 8.72. The predicted octanol–water partition coefficient (Wildman–Crippen LogP) is 2.02. The first-order valence-electron chi connectivity index (χ1n) is 6.31. The van der Waals surface area contributed by atoms with Crippen LogP contribution in [0, 0.1) is 6.92 Å². The van der Waals surface area contributed by atoms with Crippen molar-refractivity contribution in [2.24, 2.45) is 0 Å². The number of anilines is 1. The van der Waals surface area contributed by atoms with Crippen molar-refractivity contribution in [2.75, 3.05) is 11.9 Å². The highest BCUT2D eigenvalue weighted by Crippen LogP contribution is 2.11. The molecule has 0 bridgehead atoms. The van der Waals surface area contributed by atoms with Crippen LogP contribution in [0.1, 0.15) is 31.2 Å². The molecule has 0 aliphatic rings. The quantitative estimate of drug-likeness (QED) is 0.875. The average Bonchev–Trinajstić information content (AvgIpc) is 2.76. The van der Waals surface area contributed by atoms with Gasteiger partial charge in [0.15, 0.2) is 0 Å². The summed E-state index contributed by atoms with van der Waals surface area (Å²) < 4.78 is 2.13. The Morgan fingerprint density at radius 3 is 2.83 bits per heavy atom. The Labute approximate surface area is 107 Å². The lowest BCUT2D eigenvalue weighted by Crippen LogP contribution is -2.07. The number of aromatic nitrogens is 4. The lowest BCUT2D eigenvalue weighted by atomic mass is 10.2. The molecule has 0 unspecified atom stereocenters. The standard InChI is InChI=1S/C13H19N5/c1-4-14-12-8-11(16-10(3)17-12)9-13-15-6-7-18(13)5-2/h6-8H,4-5,9H2,1-3H3,(H,14,16,17). The molecule has 96 valence electrons. The van der Waals surface area contributed by atoms with Gasteiger partial charge in [0.1, 0.15) is 17.5 Å². The Balaban J connectivity index is 2.23. The van der Waals surface area contributed by atoms with Crippen LogP contribution >= 0.6 is 0 Å². The molecule has 18 heavy (non-hydrogen) atoms. The molecule has 0 atom stereocenters. The third-order valence-corrected chi connectivity index (χ3v) is 2.73. The van der Waals surface area contributed by atoms with Gasteiger partial charge >= 0.3 is 0 Å². The van der Waals surface area contributed by atoms with Gasteiger partial charge in [-0.25, -0.2) is 15.0 Å². The van der Waals surface area contributed by atoms with Crippen molar-refractivity contribution in [2.45, 2.75) is 33.7 Å². The first-order valence-corrected chi connectivity index (χ1v) is 6.31. The maximum atomic E-state index is 4.46. The van der Waals surface area contributed by atoms with Crippen LogP contribution in [0.2, 0.25) is 0 Å². The summed E-state index contributed by atoms with van der Waals surface area (Å²) in [5, 5.41) is 3.22. The van der Waals surface area contributed by atoms with Gasteiger partial charge in [0, 0.05) is 38.0 Å². The fraction of sp³-hybridized carbons (Fsp3) is 0.462. The molecule has 0 aliphatic carbocycles. The molecule has 5 nitrogen and oxygen atoms in total. The van der Waals surface area contributed by atoms with Crippen LogP contribution in [0.3, 0.4) is 0 Å². The second kappa shape index (κ2) is 5.62. The van der Waals surface area contributed by atoms with Crippen LogP contribution in [-0.4, -0.2) is 26.1 Å². The fourth-order valence-corrected chi connectivity index (χ4v) is 1.95. The molecule has 5 heteroatoms. The molecule has 0 saturated heterocycles. The zero-order valence-corrected chi connectivity index (χ0v) is 11.1. The summed E-state index contributed by atoms with van der Waals surface area (Å²) in [5.41, 5.74) is 0.999. The van der Waals surface area contributed by atoms with E-state index in [1.165, 1.54) is 0 Å². The first kappa shape index (κ1) is 12.5. The van der Waals surface area contributed by atoms with Gasteiger partial charge in [-0.3, -0.25) is 0 Å². The number of nitrogens with zero attached hydrogens (tertiary/aromatic N) is 4. The monoisotopic (exact) mass is 245 g/mol. The van der Waals surface area contributed by atoms with Crippen molar-refractivity contribution >= 4 is 5.82 Å². The second-order valence-corrected chi connectivity index (χ2v) is 4.13. The highest BCUT2D eigenvalue weighted by atomic mass is 15.1. The van der Waals surface area contributed by atoms with Gasteiger partial charge in [-0.1, -0.05) is 0 Å². The topological polar surface area (TPSA) is 55.6 Å². The molecule has 2 aromatic heterocycles. The zero-order chi connectivity index (χ0) is 13.0. The van der Waals surface area contributed by atoms with Crippen LogP contribution in [0.5, 0.6) is 0 Å². The van der Waals surface area contributed by atoms with E-state index in [2.05, 4.69) is 38.7 Å². The number of imidazole rings is 1. The third kappa shape index (κ3) is 2.85. The van der Waals surface area contributed by atoms with Crippen LogP contribution < -0.4 is 5.32 Å². The molecule has 0 radical (unpaired) electrons. The molecule has 2 heterocycles. The molecule has 0 amide bonds. The molecule has 0 spiro atoms. The van der Waals surface area contributed by atoms with Crippen molar-refractivity contribution in [1.82, 2.24) is 19.5 Å². The molecule has 0 aromatic carbocycles. The van der Waals surface area contributed by atoms with E-state index >= 15 is 0 Å². The summed E-state index contributed by atoms with van der Waals surface area (Å²) in [7, 11) is 0. The van der Waals surface area contributed by atoms with Gasteiger partial charge in [0.05, 0.1) is 5.69 Å². The second-order valence-electron chi connectivity index (χ2n) is 4.13. The van der Waals surface area contributed by atoms with E-state index in [-0.39, 0.29) is 0 Å². The Morgan fingerprint density at radius 2 is 2.11 bits per heavy atom. The number of nitrogens with one attached hydrogen (secondary N) is 1. The minimum atomic E-state index is 0.739. The van der Waals surface area contributed by atoms with Gasteiger partial charge in [-0.2, -0.15) is 0 Å². The van der Waals surface area contributed by atoms with E-state index in [1.807, 2.05) is 25.4 Å². The van der Waals surface area contributed by atoms with Gasteiger partial charge in [0.2, 0.25) is 0 Å². The average molecular weight is 245 g/mol. The third-order valence-electron chi connectivity index (χ3n) is 2.73. The summed E-state index contributed by atoms with van der Waals surface area (Å²) in [6.07, 6.45) is 4.56. The van der Waals surface area contributed by atoms with Crippen molar-refractivity contribution < 1.29 is 0 Å². The summed E-state index contributed by atoms with van der Waals surface area (Å²) in [6.45, 7) is 7.87. The van der Waals surface area contributed by atoms with Crippen molar-refractivity contribution in [3.8, 4) is 0 Å². The molecule has 2 aromatic rings. The van der Waals surface area contributed by atoms with Gasteiger partial charge in [-0.15, -0.1) is 0 Å². The Hall–Kier alpha value is -1.91. The normalized spacial score (nSPS) is 10.6. The molecule has 0 fully saturated rings. The van der Waals surface area contributed by atoms with Crippen molar-refractivity contribution in [3.63, 3.8) is 0 Å². The van der Waals surface area contributed by atoms with E-state index in [1.54, 1.807) is 0 Å². The van der Waals surface area contributed by atoms with Crippen LogP contribution in [0.15, 0.2) is 18.5 Å². The maximum absolute atomic E-state index is 4.46. The largest absolute Gasteiger partial charge is 0.370 e. The van der Waals surface area contributed by atoms with Gasteiger partial charge in [0.25, 0.3) is 0 Å². The maximum Gasteiger partial charge on any atom is 0.129 e. The lowest BCUT2D eigenvalue weighted by Gasteiger charge is -2.08. The number of hydrogen-bond acceptors (Lipinski definition) is 4. The number of aryl methyl sites for hydroxylation is 2. The predicted molar refractivity (Wildman–Crippen MR) is 71.6 cm³/mol. The van der Waals surface area contributed by atoms with Gasteiger partial charge in [-0.05, 0) is 20.8 Å². The van der Waals surface area contributed by atoms with E-state index in [4.69, 9.17) is 0 Å². The highest BCUT2D eigenvalue weighted by Gasteiger charge is 2.06. The molecule has 1 N–H and O–H groups in total. The highest BCUT2D eigenvalue weighted by molar-refractivity contribution is 5.36. The summed E-state index contributed by atoms with van der Waals surface area (Å²) >= 11 is 0. The number of hydrogen-bond donors (Lipinski definition) is 1. The Morgan fingerprint density at radius 1 is 1.28 bits per heavy atom. The zero-order valence-electron chi connectivity index (χ0n) is 11.1. The molecule has 0 aliphatic heterocycles. The minimum Gasteiger partial charge on any atom is -0.370 e. The fourth-order valence-electron chi connectivity index (χ4n) is 1.95. The smallest absolute Gasteiger partial charge is 0.129 e. The Kier molecular flexibility index (Phi) is 3.92. The minimum absolute atomic E-state index is 0.739. The van der Waals surface area contributed by atoms with E-state index in [0.717, 1.165) is 42.7 Å². The molecule has 0 saturated carbocycles. The van der Waals surface area contributed by atoms with Crippen LogP contribution in [-0.2, 0) is 13.0 Å². The van der Waals surface area contributed by atoms with E-state index < -0.39 is 0 Å². The summed E-state index contributed by atoms with van der Waals surface area (Å²) in [4.78, 5) is 13.2. The molecule has 2 rings (SSSR count). The van der Waals surface area contributed by atoms with E-state index in [0.29, 0.717) is 0 Å². The lowest BCUT2D eigenvalue weighted by molar-refractivity contribution is 0.707. The summed E-state index contributed by atoms with van der Waals surface area (Å²) in [5.74, 6) is 2.71. The van der Waals surface area contributed by atoms with Crippen LogP contribution in [0.25, 0.3) is 0 Å². The van der Waals surface area contributed by atoms with E-state index in [9.17, 15) is 0 Å². The van der Waals surface area contributed by atoms with Crippen molar-refractivity contribution in [3.05, 3.63) is 35.8 Å². The van der Waals surface area contributed by atoms with Crippen molar-refractivity contribution in [1.29, 1.82) is 0 Å².